The zero-order chi connectivity index (χ0) is 12.5. The van der Waals surface area contributed by atoms with E-state index in [2.05, 4.69) is 4.74 Å². The molecular weight excluding hydrogens is 237 g/mol. The van der Waals surface area contributed by atoms with Gasteiger partial charge in [0.2, 0.25) is 0 Å². The number of carbonyl (C=O) groups excluding carboxylic acids is 1. The molecule has 0 saturated carbocycles. The van der Waals surface area contributed by atoms with Crippen LogP contribution in [0.5, 0.6) is 0 Å². The highest BCUT2D eigenvalue weighted by Gasteiger charge is 2.20. The Labute approximate surface area is 92.2 Å². The maximum absolute atomic E-state index is 12.9. The number of carbonyl (C=O) groups is 1. The molecule has 0 amide bonds. The van der Waals surface area contributed by atoms with Gasteiger partial charge in [0, 0.05) is 5.69 Å². The van der Waals surface area contributed by atoms with Crippen LogP contribution in [-0.2, 0) is 15.0 Å². The van der Waals surface area contributed by atoms with Gasteiger partial charge in [-0.05, 0) is 24.6 Å². The van der Waals surface area contributed by atoms with Gasteiger partial charge in [0.1, 0.15) is 4.90 Å². The summed E-state index contributed by atoms with van der Waals surface area (Å²) in [6.07, 6.45) is 0. The number of nitrogens with two attached hydrogens (primary N) is 1. The third-order valence-electron chi connectivity index (χ3n) is 2.08. The van der Waals surface area contributed by atoms with E-state index < -0.39 is 21.1 Å². The lowest BCUT2D eigenvalue weighted by Gasteiger charge is -2.07. The van der Waals surface area contributed by atoms with Gasteiger partial charge in [-0.15, -0.1) is 3.89 Å². The van der Waals surface area contributed by atoms with E-state index in [1.807, 2.05) is 0 Å². The number of benzene rings is 1. The minimum absolute atomic E-state index is 0.0131. The van der Waals surface area contributed by atoms with E-state index in [0.29, 0.717) is 0 Å². The Morgan fingerprint density at radius 3 is 2.44 bits per heavy atom. The predicted octanol–water partition coefficient (Wildman–Crippen LogP) is 1.02. The number of hydrogen-bond acceptors (Lipinski definition) is 5. The first kappa shape index (κ1) is 12.4. The molecule has 0 saturated heterocycles. The molecular formula is C9H10FNO4S. The molecule has 1 aromatic rings. The van der Waals surface area contributed by atoms with Gasteiger partial charge in [-0.25, -0.2) is 4.79 Å². The van der Waals surface area contributed by atoms with Crippen molar-refractivity contribution in [3.63, 3.8) is 0 Å². The van der Waals surface area contributed by atoms with Crippen molar-refractivity contribution in [2.45, 2.75) is 11.8 Å². The standard InChI is InChI=1S/C9H10FNO4S/c1-5-7(11)3-6(9(12)15-2)4-8(5)16(10,13)14/h3-4H,11H2,1-2H3. The SMILES string of the molecule is COC(=O)c1cc(N)c(C)c(S(=O)(=O)F)c1. The van der Waals surface area contributed by atoms with Gasteiger partial charge in [-0.3, -0.25) is 0 Å². The lowest BCUT2D eigenvalue weighted by Crippen LogP contribution is -2.07. The molecule has 7 heteroatoms. The highest BCUT2D eigenvalue weighted by molar-refractivity contribution is 7.86. The average Bonchev–Trinajstić information content (AvgIpc) is 2.18. The molecule has 5 nitrogen and oxygen atoms in total. The molecule has 0 aliphatic carbocycles. The van der Waals surface area contributed by atoms with Gasteiger partial charge >= 0.3 is 16.2 Å². The molecule has 16 heavy (non-hydrogen) atoms. The number of methoxy groups -OCH3 is 1. The van der Waals surface area contributed by atoms with Crippen LogP contribution >= 0.6 is 0 Å². The summed E-state index contributed by atoms with van der Waals surface area (Å²) in [6.45, 7) is 1.35. The molecule has 0 aliphatic heterocycles. The monoisotopic (exact) mass is 247 g/mol. The predicted molar refractivity (Wildman–Crippen MR) is 55.2 cm³/mol. The van der Waals surface area contributed by atoms with E-state index in [0.717, 1.165) is 13.2 Å². The maximum Gasteiger partial charge on any atom is 0.337 e. The van der Waals surface area contributed by atoms with Crippen LogP contribution in [0.15, 0.2) is 17.0 Å². The quantitative estimate of drug-likeness (QED) is 0.479. The summed E-state index contributed by atoms with van der Waals surface area (Å²) in [4.78, 5) is 10.5. The molecule has 0 aromatic heterocycles. The Morgan fingerprint density at radius 1 is 1.44 bits per heavy atom. The second kappa shape index (κ2) is 4.09. The number of ether oxygens (including phenoxy) is 1. The highest BCUT2D eigenvalue weighted by atomic mass is 32.3. The average molecular weight is 247 g/mol. The fourth-order valence-corrected chi connectivity index (χ4v) is 1.95. The number of nitrogen functional groups attached to an aromatic ring is 1. The van der Waals surface area contributed by atoms with Crippen molar-refractivity contribution < 1.29 is 21.8 Å². The molecule has 0 atom stereocenters. The second-order valence-electron chi connectivity index (χ2n) is 3.12. The lowest BCUT2D eigenvalue weighted by molar-refractivity contribution is 0.0600. The number of halogens is 1. The Bertz CT molecular complexity index is 539. The largest absolute Gasteiger partial charge is 0.465 e. The van der Waals surface area contributed by atoms with E-state index in [-0.39, 0.29) is 16.8 Å². The van der Waals surface area contributed by atoms with Gasteiger partial charge in [-0.1, -0.05) is 0 Å². The summed E-state index contributed by atoms with van der Waals surface area (Å²) >= 11 is 0. The Kier molecular flexibility index (Phi) is 3.18. The van der Waals surface area contributed by atoms with Crippen molar-refractivity contribution in [2.24, 2.45) is 0 Å². The summed E-state index contributed by atoms with van der Waals surface area (Å²) in [5.74, 6) is -0.781. The van der Waals surface area contributed by atoms with Crippen LogP contribution in [0.1, 0.15) is 15.9 Å². The molecule has 0 fully saturated rings. The topological polar surface area (TPSA) is 86.5 Å². The van der Waals surface area contributed by atoms with E-state index in [1.54, 1.807) is 0 Å². The normalized spacial score (nSPS) is 11.2. The third-order valence-corrected chi connectivity index (χ3v) is 3.03. The van der Waals surface area contributed by atoms with E-state index >= 15 is 0 Å². The third kappa shape index (κ3) is 2.30. The van der Waals surface area contributed by atoms with Crippen molar-refractivity contribution in [1.29, 1.82) is 0 Å². The minimum atomic E-state index is -4.91. The van der Waals surface area contributed by atoms with Crippen molar-refractivity contribution >= 4 is 21.9 Å². The van der Waals surface area contributed by atoms with E-state index in [4.69, 9.17) is 5.73 Å². The van der Waals surface area contributed by atoms with Crippen LogP contribution in [0, 0.1) is 6.92 Å². The van der Waals surface area contributed by atoms with E-state index in [9.17, 15) is 17.1 Å². The molecule has 88 valence electrons. The lowest BCUT2D eigenvalue weighted by atomic mass is 10.1. The maximum atomic E-state index is 12.9. The molecule has 0 unspecified atom stereocenters. The first-order chi connectivity index (χ1) is 7.27. The zero-order valence-electron chi connectivity index (χ0n) is 8.65. The van der Waals surface area contributed by atoms with Gasteiger partial charge in [0.25, 0.3) is 0 Å². The number of anilines is 1. The van der Waals surface area contributed by atoms with Gasteiger partial charge in [-0.2, -0.15) is 8.42 Å². The van der Waals surface area contributed by atoms with Crippen LogP contribution < -0.4 is 5.73 Å². The smallest absolute Gasteiger partial charge is 0.337 e. The van der Waals surface area contributed by atoms with Gasteiger partial charge in [0.05, 0.1) is 12.7 Å². The molecule has 1 aromatic carbocycles. The zero-order valence-corrected chi connectivity index (χ0v) is 9.47. The Balaban J connectivity index is 3.52. The summed E-state index contributed by atoms with van der Waals surface area (Å²) in [7, 11) is -3.78. The first-order valence-electron chi connectivity index (χ1n) is 4.20. The van der Waals surface area contributed by atoms with Crippen molar-refractivity contribution in [3.8, 4) is 0 Å². The van der Waals surface area contributed by atoms with Gasteiger partial charge in [0.15, 0.2) is 0 Å². The van der Waals surface area contributed by atoms with Crippen LogP contribution in [0.25, 0.3) is 0 Å². The Hall–Kier alpha value is -1.63. The fourth-order valence-electron chi connectivity index (χ4n) is 1.20. The molecule has 1 rings (SSSR count). The van der Waals surface area contributed by atoms with Crippen molar-refractivity contribution in [3.05, 3.63) is 23.3 Å². The summed E-state index contributed by atoms with van der Waals surface area (Å²) in [5, 5.41) is 0. The van der Waals surface area contributed by atoms with Crippen LogP contribution in [0.3, 0.4) is 0 Å². The van der Waals surface area contributed by atoms with Crippen LogP contribution in [-0.4, -0.2) is 21.5 Å². The molecule has 0 aliphatic rings. The van der Waals surface area contributed by atoms with Crippen molar-refractivity contribution in [2.75, 3.05) is 12.8 Å². The molecule has 0 heterocycles. The van der Waals surface area contributed by atoms with Crippen LogP contribution in [0.2, 0.25) is 0 Å². The van der Waals surface area contributed by atoms with E-state index in [1.165, 1.54) is 13.0 Å². The van der Waals surface area contributed by atoms with Crippen LogP contribution in [0.4, 0.5) is 9.57 Å². The summed E-state index contributed by atoms with van der Waals surface area (Å²) < 4.78 is 38.9. The summed E-state index contributed by atoms with van der Waals surface area (Å²) in [6, 6.07) is 2.13. The first-order valence-corrected chi connectivity index (χ1v) is 5.59. The highest BCUT2D eigenvalue weighted by Crippen LogP contribution is 2.25. The molecule has 0 bridgehead atoms. The minimum Gasteiger partial charge on any atom is -0.465 e. The second-order valence-corrected chi connectivity index (χ2v) is 4.43. The molecule has 2 N–H and O–H groups in total. The number of rotatable bonds is 2. The van der Waals surface area contributed by atoms with Crippen molar-refractivity contribution in [1.82, 2.24) is 0 Å². The molecule has 0 spiro atoms. The fraction of sp³-hybridized carbons (Fsp3) is 0.222. The number of hydrogen-bond donors (Lipinski definition) is 1. The molecule has 0 radical (unpaired) electrons. The van der Waals surface area contributed by atoms with Gasteiger partial charge < -0.3 is 10.5 Å². The Morgan fingerprint density at radius 2 is 2.00 bits per heavy atom. The summed E-state index contributed by atoms with van der Waals surface area (Å²) in [5.41, 5.74) is 5.44. The number of esters is 1.